The van der Waals surface area contributed by atoms with Crippen LogP contribution in [0.4, 0.5) is 13.2 Å². The Morgan fingerprint density at radius 2 is 1.64 bits per heavy atom. The summed E-state index contributed by atoms with van der Waals surface area (Å²) in [5.74, 6) is -4.45. The Morgan fingerprint density at radius 3 is 2.18 bits per heavy atom. The summed E-state index contributed by atoms with van der Waals surface area (Å²) in [5.41, 5.74) is -1.82. The van der Waals surface area contributed by atoms with Crippen molar-refractivity contribution in [2.24, 2.45) is 0 Å². The highest BCUT2D eigenvalue weighted by Crippen LogP contribution is 2.32. The minimum atomic E-state index is -4.74. The minimum absolute atomic E-state index is 0.658. The third-order valence-corrected chi connectivity index (χ3v) is 2.66. The molecule has 0 radical (unpaired) electrons. The summed E-state index contributed by atoms with van der Waals surface area (Å²) >= 11 is 0. The van der Waals surface area contributed by atoms with E-state index in [4.69, 9.17) is 0 Å². The third kappa shape index (κ3) is 4.51. The number of benzene rings is 1. The van der Waals surface area contributed by atoms with Gasteiger partial charge in [-0.2, -0.15) is 13.2 Å². The average Bonchev–Trinajstić information content (AvgIpc) is 2.45. The van der Waals surface area contributed by atoms with Gasteiger partial charge in [0, 0.05) is 5.56 Å². The van der Waals surface area contributed by atoms with Crippen LogP contribution < -0.4 is 0 Å². The topological polar surface area (TPSA) is 77.5 Å². The Balaban J connectivity index is 2.85. The molecule has 0 aromatic heterocycles. The Hall–Kier alpha value is -2.51. The Bertz CT molecular complexity index is 619. The van der Waals surface area contributed by atoms with Crippen molar-refractivity contribution in [3.63, 3.8) is 0 Å². The van der Waals surface area contributed by atoms with Gasteiger partial charge in [-0.25, -0.2) is 4.79 Å². The standard InChI is InChI=1S/C14H11F3O5/c1-22-13(21)12(20)7-8(18)6-11(19)9-4-2-3-5-10(9)14(15,16)17/h2-5H,6-7H2,1H3. The molecule has 22 heavy (non-hydrogen) atoms. The van der Waals surface area contributed by atoms with Crippen molar-refractivity contribution in [2.75, 3.05) is 7.11 Å². The van der Waals surface area contributed by atoms with Crippen LogP contribution in [-0.4, -0.2) is 30.4 Å². The molecule has 0 fully saturated rings. The molecule has 0 atom stereocenters. The molecule has 0 spiro atoms. The van der Waals surface area contributed by atoms with Gasteiger partial charge in [-0.3, -0.25) is 14.4 Å². The van der Waals surface area contributed by atoms with Crippen molar-refractivity contribution in [1.82, 2.24) is 0 Å². The zero-order valence-corrected chi connectivity index (χ0v) is 11.4. The maximum Gasteiger partial charge on any atom is 0.417 e. The van der Waals surface area contributed by atoms with Gasteiger partial charge < -0.3 is 4.74 Å². The number of esters is 1. The van der Waals surface area contributed by atoms with E-state index in [2.05, 4.69) is 4.74 Å². The molecule has 0 amide bonds. The fourth-order valence-electron chi connectivity index (χ4n) is 1.68. The van der Waals surface area contributed by atoms with Crippen molar-refractivity contribution < 1.29 is 37.1 Å². The number of hydrogen-bond acceptors (Lipinski definition) is 5. The molecule has 0 saturated heterocycles. The van der Waals surface area contributed by atoms with Crippen LogP contribution in [0.15, 0.2) is 24.3 Å². The van der Waals surface area contributed by atoms with Gasteiger partial charge in [0.05, 0.1) is 25.5 Å². The maximum atomic E-state index is 12.8. The molecule has 1 aromatic rings. The van der Waals surface area contributed by atoms with Gasteiger partial charge in [-0.05, 0) is 6.07 Å². The fraction of sp³-hybridized carbons (Fsp3) is 0.286. The van der Waals surface area contributed by atoms with Crippen molar-refractivity contribution in [1.29, 1.82) is 0 Å². The Morgan fingerprint density at radius 1 is 1.05 bits per heavy atom. The maximum absolute atomic E-state index is 12.8. The van der Waals surface area contributed by atoms with Crippen LogP contribution in [0, 0.1) is 0 Å². The van der Waals surface area contributed by atoms with Crippen LogP contribution in [0.2, 0.25) is 0 Å². The third-order valence-electron chi connectivity index (χ3n) is 2.66. The van der Waals surface area contributed by atoms with Gasteiger partial charge in [0.1, 0.15) is 5.78 Å². The molecule has 0 aliphatic heterocycles. The molecule has 0 aliphatic rings. The molecule has 8 heteroatoms. The molecule has 0 heterocycles. The van der Waals surface area contributed by atoms with E-state index in [-0.39, 0.29) is 0 Å². The lowest BCUT2D eigenvalue weighted by atomic mass is 9.98. The first-order chi connectivity index (χ1) is 10.2. The number of carbonyl (C=O) groups is 4. The summed E-state index contributed by atoms with van der Waals surface area (Å²) in [4.78, 5) is 45.3. The predicted molar refractivity (Wildman–Crippen MR) is 67.0 cm³/mol. The number of hydrogen-bond donors (Lipinski definition) is 0. The second-order valence-electron chi connectivity index (χ2n) is 4.27. The molecular formula is C14H11F3O5. The summed E-state index contributed by atoms with van der Waals surface area (Å²) in [6.45, 7) is 0. The van der Waals surface area contributed by atoms with E-state index in [0.29, 0.717) is 0 Å². The number of alkyl halides is 3. The van der Waals surface area contributed by atoms with E-state index in [1.807, 2.05) is 0 Å². The highest BCUT2D eigenvalue weighted by atomic mass is 19.4. The van der Waals surface area contributed by atoms with Crippen LogP contribution in [0.3, 0.4) is 0 Å². The van der Waals surface area contributed by atoms with Crippen LogP contribution in [0.25, 0.3) is 0 Å². The molecule has 0 bridgehead atoms. The van der Waals surface area contributed by atoms with Gasteiger partial charge in [0.25, 0.3) is 0 Å². The minimum Gasteiger partial charge on any atom is -0.463 e. The number of halogens is 3. The number of carbonyl (C=O) groups excluding carboxylic acids is 4. The average molecular weight is 316 g/mol. The molecule has 0 N–H and O–H groups in total. The number of methoxy groups -OCH3 is 1. The largest absolute Gasteiger partial charge is 0.463 e. The molecule has 5 nitrogen and oxygen atoms in total. The number of Topliss-reactive ketones (excluding diaryl/α,β-unsaturated/α-hetero) is 3. The second kappa shape index (κ2) is 6.97. The second-order valence-corrected chi connectivity index (χ2v) is 4.27. The van der Waals surface area contributed by atoms with Crippen LogP contribution in [0.1, 0.15) is 28.8 Å². The first-order valence-corrected chi connectivity index (χ1v) is 5.99. The van der Waals surface area contributed by atoms with Crippen molar-refractivity contribution in [2.45, 2.75) is 19.0 Å². The predicted octanol–water partition coefficient (Wildman–Crippen LogP) is 1.98. The normalized spacial score (nSPS) is 10.9. The van der Waals surface area contributed by atoms with Gasteiger partial charge in [-0.15, -0.1) is 0 Å². The highest BCUT2D eigenvalue weighted by Gasteiger charge is 2.35. The zero-order chi connectivity index (χ0) is 16.9. The van der Waals surface area contributed by atoms with Crippen molar-refractivity contribution in [3.8, 4) is 0 Å². The van der Waals surface area contributed by atoms with E-state index >= 15 is 0 Å². The van der Waals surface area contributed by atoms with Gasteiger partial charge in [-0.1, -0.05) is 18.2 Å². The molecule has 118 valence electrons. The van der Waals surface area contributed by atoms with Crippen LogP contribution in [-0.2, 0) is 25.3 Å². The van der Waals surface area contributed by atoms with Gasteiger partial charge in [0.15, 0.2) is 5.78 Å². The molecule has 1 aromatic carbocycles. The molecule has 0 saturated carbocycles. The highest BCUT2D eigenvalue weighted by molar-refractivity contribution is 6.37. The monoisotopic (exact) mass is 316 g/mol. The molecule has 0 aliphatic carbocycles. The van der Waals surface area contributed by atoms with Gasteiger partial charge in [0.2, 0.25) is 5.78 Å². The summed E-state index contributed by atoms with van der Waals surface area (Å²) in [6, 6.07) is 4.01. The van der Waals surface area contributed by atoms with Gasteiger partial charge >= 0.3 is 12.1 Å². The molecule has 1 rings (SSSR count). The van der Waals surface area contributed by atoms with E-state index in [1.54, 1.807) is 0 Å². The lowest BCUT2D eigenvalue weighted by molar-refractivity contribution is -0.152. The summed E-state index contributed by atoms with van der Waals surface area (Å²) in [5, 5.41) is 0. The SMILES string of the molecule is COC(=O)C(=O)CC(=O)CC(=O)c1ccccc1C(F)(F)F. The van der Waals surface area contributed by atoms with Crippen LogP contribution in [0.5, 0.6) is 0 Å². The van der Waals surface area contributed by atoms with Crippen molar-refractivity contribution in [3.05, 3.63) is 35.4 Å². The van der Waals surface area contributed by atoms with E-state index in [9.17, 15) is 32.3 Å². The number of ether oxygens (including phenoxy) is 1. The van der Waals surface area contributed by atoms with E-state index in [1.165, 1.54) is 6.07 Å². The quantitative estimate of drug-likeness (QED) is 0.347. The van der Waals surface area contributed by atoms with E-state index < -0.39 is 53.5 Å². The Kier molecular flexibility index (Phi) is 5.56. The smallest absolute Gasteiger partial charge is 0.417 e. The lowest BCUT2D eigenvalue weighted by Gasteiger charge is -2.11. The Labute approximate surface area is 123 Å². The van der Waals surface area contributed by atoms with Crippen LogP contribution >= 0.6 is 0 Å². The summed E-state index contributed by atoms with van der Waals surface area (Å²) < 4.78 is 42.4. The lowest BCUT2D eigenvalue weighted by Crippen LogP contribution is -2.21. The van der Waals surface area contributed by atoms with Crippen molar-refractivity contribution >= 4 is 23.3 Å². The zero-order valence-electron chi connectivity index (χ0n) is 11.4. The summed E-state index contributed by atoms with van der Waals surface area (Å²) in [7, 11) is 0.940. The van der Waals surface area contributed by atoms with E-state index in [0.717, 1.165) is 25.3 Å². The first-order valence-electron chi connectivity index (χ1n) is 5.99. The number of ketones is 3. The fourth-order valence-corrected chi connectivity index (χ4v) is 1.68. The summed E-state index contributed by atoms with van der Waals surface area (Å²) in [6.07, 6.45) is -6.54. The first kappa shape index (κ1) is 17.5. The number of rotatable bonds is 6. The molecular weight excluding hydrogens is 305 g/mol. The molecule has 0 unspecified atom stereocenters.